The molecule has 0 radical (unpaired) electrons. The van der Waals surface area contributed by atoms with E-state index in [-0.39, 0.29) is 10.5 Å². The van der Waals surface area contributed by atoms with Crippen LogP contribution in [-0.2, 0) is 22.1 Å². The highest BCUT2D eigenvalue weighted by Gasteiger charge is 2.42. The minimum Gasteiger partial charge on any atom is -0.478 e. The molecule has 6 nitrogen and oxygen atoms in total. The molecule has 1 aliphatic rings. The quantitative estimate of drug-likeness (QED) is 0.518. The largest absolute Gasteiger partial charge is 0.478 e. The predicted octanol–water partition coefficient (Wildman–Crippen LogP) is 4.49. The molecule has 0 spiro atoms. The van der Waals surface area contributed by atoms with Crippen LogP contribution in [0.1, 0.15) is 21.5 Å². The van der Waals surface area contributed by atoms with Crippen molar-refractivity contribution in [2.75, 3.05) is 5.32 Å². The molecule has 0 amide bonds. The maximum absolute atomic E-state index is 13.2. The number of sulfonamides is 1. The first-order chi connectivity index (χ1) is 14.2. The normalized spacial score (nSPS) is 17.9. The number of halogens is 2. The van der Waals surface area contributed by atoms with Crippen molar-refractivity contribution in [3.05, 3.63) is 93.5 Å². The standard InChI is InChI=1S/C21H16Cl2N2O4S/c22-16-7-9-18(10-8-16)30(28,29)25-21(15-4-1-13(2-5-15)20(26)27)12-14-3-6-17(23)11-19(14)24-21/h1-11,24-25H,12H2,(H,26,27). The monoisotopic (exact) mass is 462 g/mol. The van der Waals surface area contributed by atoms with Crippen LogP contribution in [0.5, 0.6) is 0 Å². The summed E-state index contributed by atoms with van der Waals surface area (Å²) in [5.41, 5.74) is 1.03. The van der Waals surface area contributed by atoms with Gasteiger partial charge in [-0.15, -0.1) is 0 Å². The summed E-state index contributed by atoms with van der Waals surface area (Å²) < 4.78 is 29.1. The lowest BCUT2D eigenvalue weighted by Gasteiger charge is -2.32. The van der Waals surface area contributed by atoms with Gasteiger partial charge in [-0.25, -0.2) is 13.2 Å². The van der Waals surface area contributed by atoms with E-state index in [4.69, 9.17) is 23.2 Å². The van der Waals surface area contributed by atoms with Crippen molar-refractivity contribution in [2.45, 2.75) is 17.0 Å². The van der Waals surface area contributed by atoms with E-state index in [1.54, 1.807) is 24.3 Å². The van der Waals surface area contributed by atoms with Crippen molar-refractivity contribution in [2.24, 2.45) is 0 Å². The summed E-state index contributed by atoms with van der Waals surface area (Å²) in [6.45, 7) is 0. The van der Waals surface area contributed by atoms with E-state index >= 15 is 0 Å². The molecule has 0 saturated heterocycles. The number of anilines is 1. The molecule has 1 heterocycles. The molecule has 0 fully saturated rings. The average Bonchev–Trinajstić information content (AvgIpc) is 3.06. The predicted molar refractivity (Wildman–Crippen MR) is 116 cm³/mol. The molecule has 0 saturated carbocycles. The van der Waals surface area contributed by atoms with Gasteiger partial charge in [0, 0.05) is 22.2 Å². The molecule has 9 heteroatoms. The Kier molecular flexibility index (Phi) is 5.23. The fourth-order valence-corrected chi connectivity index (χ4v) is 5.08. The van der Waals surface area contributed by atoms with Crippen molar-refractivity contribution in [3.8, 4) is 0 Å². The van der Waals surface area contributed by atoms with Crippen LogP contribution in [0.3, 0.4) is 0 Å². The topological polar surface area (TPSA) is 95.5 Å². The van der Waals surface area contributed by atoms with Crippen molar-refractivity contribution >= 4 is 44.9 Å². The van der Waals surface area contributed by atoms with E-state index in [9.17, 15) is 18.3 Å². The molecule has 0 aromatic heterocycles. The summed E-state index contributed by atoms with van der Waals surface area (Å²) in [4.78, 5) is 11.3. The third kappa shape index (κ3) is 3.89. The number of carboxylic acid groups (broad SMARTS) is 1. The van der Waals surface area contributed by atoms with Gasteiger partial charge in [-0.05, 0) is 59.7 Å². The molecule has 1 aliphatic heterocycles. The number of carboxylic acids is 1. The van der Waals surface area contributed by atoms with Crippen molar-refractivity contribution in [3.63, 3.8) is 0 Å². The van der Waals surface area contributed by atoms with Crippen molar-refractivity contribution in [1.29, 1.82) is 0 Å². The maximum atomic E-state index is 13.2. The minimum absolute atomic E-state index is 0.0595. The summed E-state index contributed by atoms with van der Waals surface area (Å²) in [6, 6.07) is 17.2. The van der Waals surface area contributed by atoms with Gasteiger partial charge < -0.3 is 10.4 Å². The van der Waals surface area contributed by atoms with Gasteiger partial charge in [0.05, 0.1) is 10.5 Å². The van der Waals surface area contributed by atoms with Gasteiger partial charge in [-0.1, -0.05) is 41.4 Å². The third-order valence-corrected chi connectivity index (χ3v) is 6.93. The van der Waals surface area contributed by atoms with E-state index in [0.717, 1.165) is 5.56 Å². The molecule has 30 heavy (non-hydrogen) atoms. The van der Waals surface area contributed by atoms with E-state index in [1.165, 1.54) is 36.4 Å². The average molecular weight is 463 g/mol. The molecule has 0 aliphatic carbocycles. The second-order valence-corrected chi connectivity index (χ2v) is 9.51. The van der Waals surface area contributed by atoms with Gasteiger partial charge in [0.15, 0.2) is 0 Å². The summed E-state index contributed by atoms with van der Waals surface area (Å²) in [5.74, 6) is -1.06. The Balaban J connectivity index is 1.79. The van der Waals surface area contributed by atoms with E-state index in [2.05, 4.69) is 10.0 Å². The highest BCUT2D eigenvalue weighted by atomic mass is 35.5. The molecular formula is C21H16Cl2N2O4S. The van der Waals surface area contributed by atoms with E-state index in [1.807, 2.05) is 6.07 Å². The van der Waals surface area contributed by atoms with Crippen LogP contribution in [0, 0.1) is 0 Å². The smallest absolute Gasteiger partial charge is 0.335 e. The molecule has 3 N–H and O–H groups in total. The van der Waals surface area contributed by atoms with Crippen LogP contribution in [0.4, 0.5) is 5.69 Å². The first-order valence-corrected chi connectivity index (χ1v) is 11.1. The van der Waals surface area contributed by atoms with Crippen LogP contribution < -0.4 is 10.0 Å². The number of hydrogen-bond acceptors (Lipinski definition) is 4. The highest BCUT2D eigenvalue weighted by molar-refractivity contribution is 7.89. The van der Waals surface area contributed by atoms with Gasteiger partial charge in [-0.2, -0.15) is 4.72 Å². The molecule has 0 bridgehead atoms. The number of carbonyl (C=O) groups is 1. The Morgan fingerprint density at radius 1 is 0.967 bits per heavy atom. The molecular weight excluding hydrogens is 447 g/mol. The highest BCUT2D eigenvalue weighted by Crippen LogP contribution is 2.40. The van der Waals surface area contributed by atoms with Crippen LogP contribution in [-0.4, -0.2) is 19.5 Å². The Bertz CT molecular complexity index is 1230. The molecule has 3 aromatic carbocycles. The summed E-state index contributed by atoms with van der Waals surface area (Å²) in [7, 11) is -3.94. The van der Waals surface area contributed by atoms with Gasteiger partial charge in [0.1, 0.15) is 5.66 Å². The number of aromatic carboxylic acids is 1. The van der Waals surface area contributed by atoms with Gasteiger partial charge >= 0.3 is 5.97 Å². The molecule has 154 valence electrons. The van der Waals surface area contributed by atoms with E-state index < -0.39 is 21.7 Å². The fraction of sp³-hybridized carbons (Fsp3) is 0.0952. The second-order valence-electron chi connectivity index (χ2n) is 6.95. The molecule has 1 atom stereocenters. The lowest BCUT2D eigenvalue weighted by Crippen LogP contribution is -2.50. The maximum Gasteiger partial charge on any atom is 0.335 e. The van der Waals surface area contributed by atoms with Gasteiger partial charge in [0.2, 0.25) is 10.0 Å². The Labute approximate surface area is 183 Å². The lowest BCUT2D eigenvalue weighted by molar-refractivity contribution is 0.0696. The number of fused-ring (bicyclic) bond motifs is 1. The Morgan fingerprint density at radius 3 is 2.23 bits per heavy atom. The summed E-state index contributed by atoms with van der Waals surface area (Å²) in [6.07, 6.45) is 0.304. The number of rotatable bonds is 5. The lowest BCUT2D eigenvalue weighted by atomic mass is 9.95. The first kappa shape index (κ1) is 20.7. The SMILES string of the molecule is O=C(O)c1ccc(C2(NS(=O)(=O)c3ccc(Cl)cc3)Cc3ccc(Cl)cc3N2)cc1. The zero-order valence-electron chi connectivity index (χ0n) is 15.4. The zero-order chi connectivity index (χ0) is 21.5. The summed E-state index contributed by atoms with van der Waals surface area (Å²) in [5, 5.41) is 13.4. The van der Waals surface area contributed by atoms with Crippen molar-refractivity contribution in [1.82, 2.24) is 4.72 Å². The van der Waals surface area contributed by atoms with Crippen LogP contribution in [0.15, 0.2) is 71.6 Å². The van der Waals surface area contributed by atoms with Crippen LogP contribution in [0.2, 0.25) is 10.0 Å². The Hall–Kier alpha value is -2.58. The molecule has 4 rings (SSSR count). The molecule has 3 aromatic rings. The van der Waals surface area contributed by atoms with Gasteiger partial charge in [-0.3, -0.25) is 0 Å². The molecule has 1 unspecified atom stereocenters. The first-order valence-electron chi connectivity index (χ1n) is 8.89. The van der Waals surface area contributed by atoms with Crippen LogP contribution >= 0.6 is 23.2 Å². The number of benzene rings is 3. The van der Waals surface area contributed by atoms with Crippen LogP contribution in [0.25, 0.3) is 0 Å². The fourth-order valence-electron chi connectivity index (χ4n) is 3.47. The number of nitrogens with one attached hydrogen (secondary N) is 2. The second kappa shape index (κ2) is 7.59. The minimum atomic E-state index is -3.94. The van der Waals surface area contributed by atoms with Gasteiger partial charge in [0.25, 0.3) is 0 Å². The summed E-state index contributed by atoms with van der Waals surface area (Å²) >= 11 is 12.0. The zero-order valence-corrected chi connectivity index (χ0v) is 17.7. The Morgan fingerprint density at radius 2 is 1.60 bits per heavy atom. The van der Waals surface area contributed by atoms with Crippen molar-refractivity contribution < 1.29 is 18.3 Å². The number of hydrogen-bond donors (Lipinski definition) is 3. The van der Waals surface area contributed by atoms with E-state index in [0.29, 0.717) is 27.7 Å². The third-order valence-electron chi connectivity index (χ3n) is 4.93.